The molecule has 0 bridgehead atoms. The lowest BCUT2D eigenvalue weighted by Crippen LogP contribution is -2.10. The second kappa shape index (κ2) is 11.9. The van der Waals surface area contributed by atoms with E-state index in [0.717, 1.165) is 28.4 Å². The van der Waals surface area contributed by atoms with E-state index >= 15 is 0 Å². The van der Waals surface area contributed by atoms with Crippen molar-refractivity contribution in [2.24, 2.45) is 0 Å². The Balaban J connectivity index is 1.12. The molecule has 0 fully saturated rings. The summed E-state index contributed by atoms with van der Waals surface area (Å²) in [6.45, 7) is 0. The minimum absolute atomic E-state index is 1.14. The number of para-hydroxylation sites is 2. The highest BCUT2D eigenvalue weighted by atomic mass is 32.1. The predicted molar refractivity (Wildman–Crippen MR) is 219 cm³/mol. The molecule has 2 heterocycles. The first kappa shape index (κ1) is 29.0. The van der Waals surface area contributed by atoms with Crippen molar-refractivity contribution in [1.82, 2.24) is 0 Å². The van der Waals surface area contributed by atoms with Crippen LogP contribution < -0.4 is 9.80 Å². The Labute approximate surface area is 298 Å². The van der Waals surface area contributed by atoms with Crippen molar-refractivity contribution >= 4 is 108 Å². The molecule has 2 nitrogen and oxygen atoms in total. The van der Waals surface area contributed by atoms with Gasteiger partial charge in [-0.2, -0.15) is 0 Å². The van der Waals surface area contributed by atoms with Crippen molar-refractivity contribution in [3.8, 4) is 0 Å². The summed E-state index contributed by atoms with van der Waals surface area (Å²) in [7, 11) is 0. The van der Waals surface area contributed by atoms with Crippen LogP contribution in [0.5, 0.6) is 0 Å². The molecule has 0 saturated heterocycles. The molecule has 10 rings (SSSR count). The van der Waals surface area contributed by atoms with Gasteiger partial charge in [0.05, 0.1) is 5.69 Å². The highest BCUT2D eigenvalue weighted by Crippen LogP contribution is 2.45. The second-order valence-electron chi connectivity index (χ2n) is 12.6. The zero-order valence-corrected chi connectivity index (χ0v) is 28.7. The molecule has 0 N–H and O–H groups in total. The average Bonchev–Trinajstić information content (AvgIpc) is 3.73. The van der Waals surface area contributed by atoms with Crippen molar-refractivity contribution in [2.45, 2.75) is 0 Å². The Hall–Kier alpha value is -5.94. The first-order valence-corrected chi connectivity index (χ1v) is 18.5. The van der Waals surface area contributed by atoms with Gasteiger partial charge in [0.1, 0.15) is 0 Å². The van der Waals surface area contributed by atoms with Crippen LogP contribution in [0.1, 0.15) is 0 Å². The standard InChI is InChI=1S/C46H30N2S2/c1-3-14-32(15-4-1)47(34-23-26-44-40(28-34)38-19-9-10-21-43(38)49-44)35-24-27-45-41(29-35)39-25-22-36(30-46(39)50-45)48(33-16-5-2-6-17-33)42-20-11-13-31-12-7-8-18-37(31)42/h1-30H. The van der Waals surface area contributed by atoms with Gasteiger partial charge in [-0.15, -0.1) is 22.7 Å². The molecule has 4 heteroatoms. The first-order chi connectivity index (χ1) is 24.8. The van der Waals surface area contributed by atoms with E-state index < -0.39 is 0 Å². The zero-order valence-electron chi connectivity index (χ0n) is 27.0. The zero-order chi connectivity index (χ0) is 33.0. The molecular formula is C46H30N2S2. The Morgan fingerprint density at radius 1 is 0.280 bits per heavy atom. The smallest absolute Gasteiger partial charge is 0.0540 e. The van der Waals surface area contributed by atoms with Crippen LogP contribution in [-0.4, -0.2) is 0 Å². The van der Waals surface area contributed by atoms with E-state index in [4.69, 9.17) is 0 Å². The van der Waals surface area contributed by atoms with E-state index in [1.165, 1.54) is 56.8 Å². The number of hydrogen-bond donors (Lipinski definition) is 0. The second-order valence-corrected chi connectivity index (χ2v) is 14.7. The van der Waals surface area contributed by atoms with Crippen LogP contribution in [0.3, 0.4) is 0 Å². The molecule has 0 amide bonds. The molecule has 0 aliphatic heterocycles. The van der Waals surface area contributed by atoms with Crippen molar-refractivity contribution in [2.75, 3.05) is 9.80 Å². The SMILES string of the molecule is c1ccc(N(c2ccc3sc4ccccc4c3c2)c2ccc3sc4cc(N(c5ccccc5)c5cccc6ccccc56)ccc4c3c2)cc1. The van der Waals surface area contributed by atoms with Gasteiger partial charge in [0.25, 0.3) is 0 Å². The van der Waals surface area contributed by atoms with Gasteiger partial charge in [-0.3, -0.25) is 0 Å². The lowest BCUT2D eigenvalue weighted by atomic mass is 10.1. The number of benzene rings is 8. The van der Waals surface area contributed by atoms with E-state index in [9.17, 15) is 0 Å². The molecule has 0 spiro atoms. The molecule has 236 valence electrons. The lowest BCUT2D eigenvalue weighted by molar-refractivity contribution is 1.30. The molecule has 0 radical (unpaired) electrons. The van der Waals surface area contributed by atoms with Crippen LogP contribution in [-0.2, 0) is 0 Å². The molecule has 50 heavy (non-hydrogen) atoms. The van der Waals surface area contributed by atoms with Crippen LogP contribution in [0.25, 0.3) is 51.1 Å². The Bertz CT molecular complexity index is 2830. The van der Waals surface area contributed by atoms with Gasteiger partial charge in [-0.05, 0) is 90.3 Å². The van der Waals surface area contributed by atoms with E-state index in [0.29, 0.717) is 0 Å². The molecule has 0 aliphatic carbocycles. The van der Waals surface area contributed by atoms with E-state index in [-0.39, 0.29) is 0 Å². The number of hydrogen-bond acceptors (Lipinski definition) is 4. The summed E-state index contributed by atoms with van der Waals surface area (Å²) < 4.78 is 5.19. The number of fused-ring (bicyclic) bond motifs is 7. The summed E-state index contributed by atoms with van der Waals surface area (Å²) in [5.41, 5.74) is 6.90. The molecular weight excluding hydrogens is 645 g/mol. The average molecular weight is 675 g/mol. The van der Waals surface area contributed by atoms with Crippen molar-refractivity contribution in [3.63, 3.8) is 0 Å². The van der Waals surface area contributed by atoms with Crippen molar-refractivity contribution in [3.05, 3.63) is 182 Å². The van der Waals surface area contributed by atoms with Crippen LogP contribution in [0.15, 0.2) is 182 Å². The van der Waals surface area contributed by atoms with Gasteiger partial charge in [-0.25, -0.2) is 0 Å². The maximum atomic E-state index is 2.39. The Kier molecular flexibility index (Phi) is 6.90. The normalized spacial score (nSPS) is 11.6. The molecule has 0 unspecified atom stereocenters. The Morgan fingerprint density at radius 2 is 0.780 bits per heavy atom. The van der Waals surface area contributed by atoms with Crippen LogP contribution in [0.4, 0.5) is 34.1 Å². The topological polar surface area (TPSA) is 6.48 Å². The number of rotatable bonds is 6. The minimum atomic E-state index is 1.14. The van der Waals surface area contributed by atoms with Crippen molar-refractivity contribution < 1.29 is 0 Å². The van der Waals surface area contributed by atoms with Gasteiger partial charge in [0.15, 0.2) is 0 Å². The van der Waals surface area contributed by atoms with Gasteiger partial charge in [0.2, 0.25) is 0 Å². The van der Waals surface area contributed by atoms with Crippen molar-refractivity contribution in [1.29, 1.82) is 0 Å². The fourth-order valence-corrected chi connectivity index (χ4v) is 9.52. The summed E-state index contributed by atoms with van der Waals surface area (Å²) in [5, 5.41) is 7.62. The Morgan fingerprint density at radius 3 is 1.50 bits per heavy atom. The van der Waals surface area contributed by atoms with E-state index in [2.05, 4.69) is 192 Å². The molecule has 0 aliphatic rings. The quantitative estimate of drug-likeness (QED) is 0.173. The molecule has 10 aromatic rings. The lowest BCUT2D eigenvalue weighted by Gasteiger charge is -2.27. The number of nitrogens with zero attached hydrogens (tertiary/aromatic N) is 2. The largest absolute Gasteiger partial charge is 0.310 e. The maximum Gasteiger partial charge on any atom is 0.0540 e. The number of thiophene rings is 2. The molecule has 0 saturated carbocycles. The minimum Gasteiger partial charge on any atom is -0.310 e. The third-order valence-corrected chi connectivity index (χ3v) is 11.9. The van der Waals surface area contributed by atoms with E-state index in [1.807, 2.05) is 22.7 Å². The highest BCUT2D eigenvalue weighted by Gasteiger charge is 2.19. The summed E-state index contributed by atoms with van der Waals surface area (Å²) in [5.74, 6) is 0. The summed E-state index contributed by atoms with van der Waals surface area (Å²) in [4.78, 5) is 4.78. The summed E-state index contributed by atoms with van der Waals surface area (Å²) >= 11 is 3.72. The first-order valence-electron chi connectivity index (χ1n) is 16.8. The monoisotopic (exact) mass is 674 g/mol. The number of anilines is 6. The molecule has 2 aromatic heterocycles. The van der Waals surface area contributed by atoms with Gasteiger partial charge in [0, 0.05) is 74.2 Å². The third kappa shape index (κ3) is 4.84. The van der Waals surface area contributed by atoms with Crippen LogP contribution >= 0.6 is 22.7 Å². The third-order valence-electron chi connectivity index (χ3n) is 9.61. The highest BCUT2D eigenvalue weighted by molar-refractivity contribution is 7.26. The van der Waals surface area contributed by atoms with Gasteiger partial charge in [-0.1, -0.05) is 97.1 Å². The fourth-order valence-electron chi connectivity index (χ4n) is 7.32. The predicted octanol–water partition coefficient (Wildman–Crippen LogP) is 14.5. The fraction of sp³-hybridized carbons (Fsp3) is 0. The van der Waals surface area contributed by atoms with Gasteiger partial charge >= 0.3 is 0 Å². The van der Waals surface area contributed by atoms with E-state index in [1.54, 1.807) is 0 Å². The summed E-state index contributed by atoms with van der Waals surface area (Å²) in [6, 6.07) is 66.1. The van der Waals surface area contributed by atoms with Crippen LogP contribution in [0.2, 0.25) is 0 Å². The maximum absolute atomic E-state index is 2.39. The summed E-state index contributed by atoms with van der Waals surface area (Å²) in [6.07, 6.45) is 0. The van der Waals surface area contributed by atoms with Crippen LogP contribution in [0, 0.1) is 0 Å². The molecule has 8 aromatic carbocycles. The van der Waals surface area contributed by atoms with Gasteiger partial charge < -0.3 is 9.80 Å². The molecule has 0 atom stereocenters.